The molecule has 0 spiro atoms. The maximum Gasteiger partial charge on any atom is 0.274 e. The van der Waals surface area contributed by atoms with E-state index >= 15 is 0 Å². The van der Waals surface area contributed by atoms with Crippen molar-refractivity contribution in [3.05, 3.63) is 106 Å². The molecule has 2 aromatic carbocycles. The Morgan fingerprint density at radius 1 is 0.897 bits per heavy atom. The van der Waals surface area contributed by atoms with Crippen molar-refractivity contribution in [1.82, 2.24) is 20.1 Å². The number of rotatable bonds is 6. The lowest BCUT2D eigenvalue weighted by Crippen LogP contribution is -2.32. The van der Waals surface area contributed by atoms with Crippen molar-refractivity contribution >= 4 is 16.7 Å². The summed E-state index contributed by atoms with van der Waals surface area (Å²) in [4.78, 5) is 30.0. The number of nitrogens with one attached hydrogen (secondary N) is 1. The van der Waals surface area contributed by atoms with E-state index in [0.717, 1.165) is 11.3 Å². The molecule has 4 rings (SSSR count). The van der Waals surface area contributed by atoms with Crippen molar-refractivity contribution in [2.75, 3.05) is 6.54 Å². The second kappa shape index (κ2) is 8.48. The Morgan fingerprint density at radius 3 is 2.38 bits per heavy atom. The van der Waals surface area contributed by atoms with Crippen LogP contribution in [0.2, 0.25) is 0 Å². The number of nitrogens with zero attached hydrogens (tertiary/aromatic N) is 3. The lowest BCUT2D eigenvalue weighted by atomic mass is 10.1. The molecule has 0 aliphatic rings. The SMILES string of the molecule is O=C(NCCc1ccccn1)c1nn(Cc2ccccc2)c(=O)c2ccccc12. The highest BCUT2D eigenvalue weighted by atomic mass is 16.2. The fraction of sp³-hybridized carbons (Fsp3) is 0.130. The number of hydrogen-bond acceptors (Lipinski definition) is 4. The quantitative estimate of drug-likeness (QED) is 0.555. The molecule has 0 radical (unpaired) electrons. The molecular weight excluding hydrogens is 364 g/mol. The Morgan fingerprint density at radius 2 is 1.62 bits per heavy atom. The van der Waals surface area contributed by atoms with Crippen LogP contribution in [-0.4, -0.2) is 27.2 Å². The molecule has 29 heavy (non-hydrogen) atoms. The Kier molecular flexibility index (Phi) is 5.42. The lowest BCUT2D eigenvalue weighted by molar-refractivity contribution is 0.0948. The molecule has 0 aliphatic heterocycles. The monoisotopic (exact) mass is 384 g/mol. The van der Waals surface area contributed by atoms with Gasteiger partial charge in [0.2, 0.25) is 0 Å². The third-order valence-electron chi connectivity index (χ3n) is 4.65. The molecule has 1 N–H and O–H groups in total. The average molecular weight is 384 g/mol. The van der Waals surface area contributed by atoms with Crippen LogP contribution in [0.15, 0.2) is 83.8 Å². The molecule has 144 valence electrons. The van der Waals surface area contributed by atoms with E-state index in [2.05, 4.69) is 15.4 Å². The van der Waals surface area contributed by atoms with E-state index in [0.29, 0.717) is 30.3 Å². The molecule has 4 aromatic rings. The first kappa shape index (κ1) is 18.6. The second-order valence-electron chi connectivity index (χ2n) is 6.67. The fourth-order valence-electron chi connectivity index (χ4n) is 3.20. The van der Waals surface area contributed by atoms with Crippen LogP contribution in [0.5, 0.6) is 0 Å². The van der Waals surface area contributed by atoms with Gasteiger partial charge in [0.05, 0.1) is 11.9 Å². The number of pyridine rings is 1. The Balaban J connectivity index is 1.63. The topological polar surface area (TPSA) is 76.9 Å². The fourth-order valence-corrected chi connectivity index (χ4v) is 3.20. The molecule has 0 bridgehead atoms. The molecule has 0 aliphatic carbocycles. The number of benzene rings is 2. The van der Waals surface area contributed by atoms with Gasteiger partial charge in [-0.25, -0.2) is 4.68 Å². The largest absolute Gasteiger partial charge is 0.350 e. The van der Waals surface area contributed by atoms with Crippen LogP contribution >= 0.6 is 0 Å². The van der Waals surface area contributed by atoms with Gasteiger partial charge in [0.25, 0.3) is 11.5 Å². The number of amides is 1. The Hall–Kier alpha value is -3.80. The molecular formula is C23H20N4O2. The van der Waals surface area contributed by atoms with Crippen molar-refractivity contribution < 1.29 is 4.79 Å². The van der Waals surface area contributed by atoms with Gasteiger partial charge in [-0.3, -0.25) is 14.6 Å². The van der Waals surface area contributed by atoms with E-state index in [-0.39, 0.29) is 17.2 Å². The van der Waals surface area contributed by atoms with Gasteiger partial charge in [0.1, 0.15) is 0 Å². The zero-order chi connectivity index (χ0) is 20.1. The van der Waals surface area contributed by atoms with Crippen LogP contribution in [-0.2, 0) is 13.0 Å². The first-order chi connectivity index (χ1) is 14.2. The highest BCUT2D eigenvalue weighted by molar-refractivity contribution is 6.04. The van der Waals surface area contributed by atoms with Gasteiger partial charge in [-0.05, 0) is 23.8 Å². The van der Waals surface area contributed by atoms with Gasteiger partial charge >= 0.3 is 0 Å². The molecule has 0 saturated carbocycles. The summed E-state index contributed by atoms with van der Waals surface area (Å²) in [6.45, 7) is 0.738. The summed E-state index contributed by atoms with van der Waals surface area (Å²) >= 11 is 0. The highest BCUT2D eigenvalue weighted by Crippen LogP contribution is 2.14. The standard InChI is InChI=1S/C23H20N4O2/c28-22(25-15-13-18-10-6-7-14-24-18)21-19-11-4-5-12-20(19)23(29)27(26-21)16-17-8-2-1-3-9-17/h1-12,14H,13,15-16H2,(H,25,28). The Bertz CT molecular complexity index is 1190. The van der Waals surface area contributed by atoms with Crippen LogP contribution in [0, 0.1) is 0 Å². The molecule has 6 nitrogen and oxygen atoms in total. The minimum absolute atomic E-state index is 0.213. The Labute approximate surface area is 167 Å². The van der Waals surface area contributed by atoms with Crippen molar-refractivity contribution in [3.8, 4) is 0 Å². The molecule has 2 heterocycles. The van der Waals surface area contributed by atoms with E-state index in [4.69, 9.17) is 0 Å². The minimum Gasteiger partial charge on any atom is -0.350 e. The molecule has 6 heteroatoms. The molecule has 2 aromatic heterocycles. The van der Waals surface area contributed by atoms with Gasteiger partial charge in [-0.2, -0.15) is 5.10 Å². The maximum atomic E-state index is 12.9. The van der Waals surface area contributed by atoms with Gasteiger partial charge in [0.15, 0.2) is 5.69 Å². The maximum absolute atomic E-state index is 12.9. The van der Waals surface area contributed by atoms with Gasteiger partial charge in [-0.1, -0.05) is 54.6 Å². The van der Waals surface area contributed by atoms with Crippen LogP contribution in [0.4, 0.5) is 0 Å². The van der Waals surface area contributed by atoms with Crippen LogP contribution in [0.25, 0.3) is 10.8 Å². The number of carbonyl (C=O) groups excluding carboxylic acids is 1. The first-order valence-electron chi connectivity index (χ1n) is 9.44. The molecule has 0 fully saturated rings. The number of aromatic nitrogens is 3. The summed E-state index contributed by atoms with van der Waals surface area (Å²) in [5, 5.41) is 8.32. The lowest BCUT2D eigenvalue weighted by Gasteiger charge is -2.11. The van der Waals surface area contributed by atoms with Crippen LogP contribution in [0.1, 0.15) is 21.7 Å². The highest BCUT2D eigenvalue weighted by Gasteiger charge is 2.16. The van der Waals surface area contributed by atoms with Crippen LogP contribution < -0.4 is 10.9 Å². The average Bonchev–Trinajstić information content (AvgIpc) is 2.77. The molecule has 0 saturated heterocycles. The van der Waals surface area contributed by atoms with Crippen molar-refractivity contribution in [1.29, 1.82) is 0 Å². The third-order valence-corrected chi connectivity index (χ3v) is 4.65. The van der Waals surface area contributed by atoms with E-state index < -0.39 is 0 Å². The summed E-state index contributed by atoms with van der Waals surface area (Å²) in [6.07, 6.45) is 2.35. The predicted octanol–water partition coefficient (Wildman–Crippen LogP) is 2.81. The smallest absolute Gasteiger partial charge is 0.274 e. The summed E-state index contributed by atoms with van der Waals surface area (Å²) in [6, 6.07) is 22.4. The number of hydrogen-bond donors (Lipinski definition) is 1. The number of carbonyl (C=O) groups is 1. The van der Waals surface area contributed by atoms with Crippen molar-refractivity contribution in [2.45, 2.75) is 13.0 Å². The first-order valence-corrected chi connectivity index (χ1v) is 9.44. The summed E-state index contributed by atoms with van der Waals surface area (Å²) in [5.74, 6) is -0.307. The van der Waals surface area contributed by atoms with E-state index in [1.807, 2.05) is 48.5 Å². The van der Waals surface area contributed by atoms with E-state index in [1.165, 1.54) is 4.68 Å². The second-order valence-corrected chi connectivity index (χ2v) is 6.67. The van der Waals surface area contributed by atoms with Crippen molar-refractivity contribution in [3.63, 3.8) is 0 Å². The summed E-state index contributed by atoms with van der Waals surface area (Å²) in [5.41, 5.74) is 1.88. The predicted molar refractivity (Wildman–Crippen MR) is 112 cm³/mol. The van der Waals surface area contributed by atoms with Gasteiger partial charge < -0.3 is 5.32 Å². The third kappa shape index (κ3) is 4.21. The van der Waals surface area contributed by atoms with Gasteiger partial charge in [0, 0.05) is 30.2 Å². The summed E-state index contributed by atoms with van der Waals surface area (Å²) in [7, 11) is 0. The number of fused-ring (bicyclic) bond motifs is 1. The van der Waals surface area contributed by atoms with E-state index in [9.17, 15) is 9.59 Å². The van der Waals surface area contributed by atoms with Crippen LogP contribution in [0.3, 0.4) is 0 Å². The molecule has 1 amide bonds. The normalized spacial score (nSPS) is 10.8. The molecule has 0 atom stereocenters. The summed E-state index contributed by atoms with van der Waals surface area (Å²) < 4.78 is 1.35. The zero-order valence-corrected chi connectivity index (χ0v) is 15.8. The zero-order valence-electron chi connectivity index (χ0n) is 15.8. The van der Waals surface area contributed by atoms with E-state index in [1.54, 1.807) is 30.5 Å². The minimum atomic E-state index is -0.307. The molecule has 0 unspecified atom stereocenters. The van der Waals surface area contributed by atoms with Crippen molar-refractivity contribution in [2.24, 2.45) is 0 Å². The van der Waals surface area contributed by atoms with Gasteiger partial charge in [-0.15, -0.1) is 0 Å².